The highest BCUT2D eigenvalue weighted by Crippen LogP contribution is 2.08. The van der Waals surface area contributed by atoms with Crippen LogP contribution in [0.3, 0.4) is 0 Å². The Labute approximate surface area is 77.8 Å². The fraction of sp³-hybridized carbons (Fsp3) is 0.857. The van der Waals surface area contributed by atoms with Crippen molar-refractivity contribution in [1.29, 1.82) is 0 Å². The molecule has 0 aliphatic heterocycles. The van der Waals surface area contributed by atoms with Crippen LogP contribution in [0.4, 0.5) is 0 Å². The molecule has 5 nitrogen and oxygen atoms in total. The predicted molar refractivity (Wildman–Crippen MR) is 46.9 cm³/mol. The molecule has 0 rings (SSSR count). The topological polar surface area (TPSA) is 80.7 Å². The van der Waals surface area contributed by atoms with E-state index >= 15 is 0 Å². The lowest BCUT2D eigenvalue weighted by Gasteiger charge is -2.10. The molecule has 78 valence electrons. The first-order valence-corrected chi connectivity index (χ1v) is 5.48. The fourth-order valence-corrected chi connectivity index (χ4v) is 1.71. The van der Waals surface area contributed by atoms with Crippen molar-refractivity contribution in [2.24, 2.45) is 0 Å². The molecule has 0 bridgehead atoms. The van der Waals surface area contributed by atoms with Crippen molar-refractivity contribution >= 4 is 16.1 Å². The number of hydrogen-bond acceptors (Lipinski definition) is 4. The summed E-state index contributed by atoms with van der Waals surface area (Å²) in [6.07, 6.45) is 0.439. The first kappa shape index (κ1) is 12.4. The summed E-state index contributed by atoms with van der Waals surface area (Å²) in [4.78, 5) is 10.3. The fourth-order valence-electron chi connectivity index (χ4n) is 0.898. The molecule has 13 heavy (non-hydrogen) atoms. The van der Waals surface area contributed by atoms with Gasteiger partial charge in [0.1, 0.15) is 0 Å². The molecule has 0 saturated heterocycles. The zero-order valence-corrected chi connectivity index (χ0v) is 8.50. The molecule has 0 fully saturated rings. The Morgan fingerprint density at radius 2 is 2.08 bits per heavy atom. The van der Waals surface area contributed by atoms with Crippen LogP contribution in [0.2, 0.25) is 0 Å². The average Bonchev–Trinajstić information content (AvgIpc) is 1.95. The Morgan fingerprint density at radius 1 is 1.54 bits per heavy atom. The zero-order valence-electron chi connectivity index (χ0n) is 7.69. The van der Waals surface area contributed by atoms with E-state index in [0.29, 0.717) is 6.42 Å². The van der Waals surface area contributed by atoms with Crippen LogP contribution >= 0.6 is 0 Å². The first-order valence-electron chi connectivity index (χ1n) is 3.97. The van der Waals surface area contributed by atoms with E-state index in [-0.39, 0.29) is 13.0 Å². The average molecular weight is 210 g/mol. The van der Waals surface area contributed by atoms with Crippen LogP contribution in [0.1, 0.15) is 26.7 Å². The lowest BCUT2D eigenvalue weighted by atomic mass is 10.2. The molecule has 0 amide bonds. The summed E-state index contributed by atoms with van der Waals surface area (Å²) >= 11 is 0. The molecular formula is C7H14O5S. The third-order valence-electron chi connectivity index (χ3n) is 1.62. The molecule has 0 saturated carbocycles. The standard InChI is InChI=1S/C7H14O5S/c1-3-7(13(9,10)11)4-5-12-6(2)8/h7H,3-5H2,1-2H3,(H,9,10,11). The van der Waals surface area contributed by atoms with Gasteiger partial charge in [-0.15, -0.1) is 0 Å². The van der Waals surface area contributed by atoms with E-state index in [1.54, 1.807) is 6.92 Å². The summed E-state index contributed by atoms with van der Waals surface area (Å²) in [5.74, 6) is -0.454. The van der Waals surface area contributed by atoms with Crippen molar-refractivity contribution in [3.8, 4) is 0 Å². The van der Waals surface area contributed by atoms with Gasteiger partial charge in [-0.2, -0.15) is 8.42 Å². The molecule has 1 N–H and O–H groups in total. The molecule has 0 aliphatic carbocycles. The molecular weight excluding hydrogens is 196 g/mol. The zero-order chi connectivity index (χ0) is 10.5. The van der Waals surface area contributed by atoms with Gasteiger partial charge in [-0.05, 0) is 6.42 Å². The number of ether oxygens (including phenoxy) is 1. The third kappa shape index (κ3) is 5.59. The Bertz CT molecular complexity index is 256. The van der Waals surface area contributed by atoms with Crippen LogP contribution in [0.25, 0.3) is 0 Å². The van der Waals surface area contributed by atoms with Gasteiger partial charge in [0.15, 0.2) is 0 Å². The Hall–Kier alpha value is -0.620. The molecule has 0 spiro atoms. The lowest BCUT2D eigenvalue weighted by Crippen LogP contribution is -2.21. The minimum absolute atomic E-state index is 0.0215. The lowest BCUT2D eigenvalue weighted by molar-refractivity contribution is -0.141. The number of carbonyl (C=O) groups is 1. The van der Waals surface area contributed by atoms with E-state index in [4.69, 9.17) is 4.55 Å². The molecule has 1 atom stereocenters. The van der Waals surface area contributed by atoms with Crippen LogP contribution in [0.15, 0.2) is 0 Å². The summed E-state index contributed by atoms with van der Waals surface area (Å²) in [7, 11) is -4.00. The molecule has 0 radical (unpaired) electrons. The number of esters is 1. The second-order valence-corrected chi connectivity index (χ2v) is 4.37. The van der Waals surface area contributed by atoms with Crippen molar-refractivity contribution in [1.82, 2.24) is 0 Å². The summed E-state index contributed by atoms with van der Waals surface area (Å²) in [5, 5.41) is -0.841. The molecule has 0 aromatic rings. The third-order valence-corrected chi connectivity index (χ3v) is 3.03. The van der Waals surface area contributed by atoms with Crippen molar-refractivity contribution in [2.75, 3.05) is 6.61 Å². The predicted octanol–water partition coefficient (Wildman–Crippen LogP) is 0.606. The van der Waals surface area contributed by atoms with E-state index in [1.807, 2.05) is 0 Å². The minimum atomic E-state index is -4.00. The number of hydrogen-bond donors (Lipinski definition) is 1. The summed E-state index contributed by atoms with van der Waals surface area (Å²) < 4.78 is 34.5. The van der Waals surface area contributed by atoms with Crippen LogP contribution in [-0.4, -0.2) is 30.8 Å². The van der Waals surface area contributed by atoms with Gasteiger partial charge in [0.25, 0.3) is 10.1 Å². The minimum Gasteiger partial charge on any atom is -0.466 e. The van der Waals surface area contributed by atoms with E-state index in [2.05, 4.69) is 4.74 Å². The van der Waals surface area contributed by atoms with Gasteiger partial charge >= 0.3 is 5.97 Å². The van der Waals surface area contributed by atoms with Gasteiger partial charge in [-0.25, -0.2) is 0 Å². The van der Waals surface area contributed by atoms with Crippen LogP contribution in [0.5, 0.6) is 0 Å². The SMILES string of the molecule is CCC(CCOC(C)=O)S(=O)(=O)O. The maximum Gasteiger partial charge on any atom is 0.302 e. The second-order valence-electron chi connectivity index (χ2n) is 2.67. The highest BCUT2D eigenvalue weighted by molar-refractivity contribution is 7.86. The van der Waals surface area contributed by atoms with Gasteiger partial charge in [-0.1, -0.05) is 6.92 Å². The molecule has 1 unspecified atom stereocenters. The highest BCUT2D eigenvalue weighted by atomic mass is 32.2. The smallest absolute Gasteiger partial charge is 0.302 e. The molecule has 0 aliphatic rings. The van der Waals surface area contributed by atoms with Crippen LogP contribution in [0, 0.1) is 0 Å². The number of carbonyl (C=O) groups excluding carboxylic acids is 1. The van der Waals surface area contributed by atoms with Crippen molar-refractivity contribution < 1.29 is 22.5 Å². The van der Waals surface area contributed by atoms with Gasteiger partial charge in [0.2, 0.25) is 0 Å². The summed E-state index contributed by atoms with van der Waals surface area (Å²) in [5.41, 5.74) is 0. The monoisotopic (exact) mass is 210 g/mol. The highest BCUT2D eigenvalue weighted by Gasteiger charge is 2.20. The molecule has 0 heterocycles. The van der Waals surface area contributed by atoms with Gasteiger partial charge in [0.05, 0.1) is 11.9 Å². The Kier molecular flexibility index (Phi) is 4.94. The summed E-state index contributed by atoms with van der Waals surface area (Å²) in [6, 6.07) is 0. The van der Waals surface area contributed by atoms with E-state index in [0.717, 1.165) is 0 Å². The maximum absolute atomic E-state index is 10.7. The van der Waals surface area contributed by atoms with E-state index in [9.17, 15) is 13.2 Å². The first-order chi connectivity index (χ1) is 5.88. The normalized spacial score (nSPS) is 13.8. The van der Waals surface area contributed by atoms with Crippen molar-refractivity contribution in [3.05, 3.63) is 0 Å². The quantitative estimate of drug-likeness (QED) is 0.531. The molecule has 0 aromatic heterocycles. The Balaban J connectivity index is 3.95. The number of rotatable bonds is 5. The van der Waals surface area contributed by atoms with Gasteiger partial charge < -0.3 is 4.74 Å². The van der Waals surface area contributed by atoms with Gasteiger partial charge in [-0.3, -0.25) is 9.35 Å². The summed E-state index contributed by atoms with van der Waals surface area (Å²) in [6.45, 7) is 2.91. The van der Waals surface area contributed by atoms with Gasteiger partial charge in [0, 0.05) is 13.3 Å². The Morgan fingerprint density at radius 3 is 2.38 bits per heavy atom. The molecule has 0 aromatic carbocycles. The largest absolute Gasteiger partial charge is 0.466 e. The van der Waals surface area contributed by atoms with Crippen LogP contribution < -0.4 is 0 Å². The van der Waals surface area contributed by atoms with Crippen LogP contribution in [-0.2, 0) is 19.6 Å². The van der Waals surface area contributed by atoms with Crippen molar-refractivity contribution in [2.45, 2.75) is 31.9 Å². The van der Waals surface area contributed by atoms with Crippen molar-refractivity contribution in [3.63, 3.8) is 0 Å². The maximum atomic E-state index is 10.7. The second kappa shape index (κ2) is 5.18. The molecule has 6 heteroatoms. The van der Waals surface area contributed by atoms with E-state index in [1.165, 1.54) is 6.92 Å². The van der Waals surface area contributed by atoms with E-state index < -0.39 is 21.3 Å².